The van der Waals surface area contributed by atoms with Crippen LogP contribution in [0.15, 0.2) is 30.6 Å². The van der Waals surface area contributed by atoms with E-state index in [4.69, 9.17) is 4.74 Å². The van der Waals surface area contributed by atoms with Gasteiger partial charge in [-0.05, 0) is 32.0 Å². The minimum atomic E-state index is -0.0204. The predicted molar refractivity (Wildman–Crippen MR) is 90.7 cm³/mol. The second kappa shape index (κ2) is 7.55. The zero-order chi connectivity index (χ0) is 16.9. The lowest BCUT2D eigenvalue weighted by Gasteiger charge is -2.32. The maximum atomic E-state index is 12.2. The van der Waals surface area contributed by atoms with E-state index in [9.17, 15) is 4.79 Å². The molecule has 1 aliphatic rings. The van der Waals surface area contributed by atoms with Gasteiger partial charge in [0, 0.05) is 36.9 Å². The molecule has 1 N–H and O–H groups in total. The Labute approximate surface area is 141 Å². The van der Waals surface area contributed by atoms with Crippen molar-refractivity contribution in [2.75, 3.05) is 31.6 Å². The van der Waals surface area contributed by atoms with E-state index in [0.29, 0.717) is 19.7 Å². The van der Waals surface area contributed by atoms with Crippen molar-refractivity contribution in [2.24, 2.45) is 0 Å². The Balaban J connectivity index is 1.52. The SMILES string of the molecule is Cc1cc(C)n(C[C@@H]2CN(CC(=O)Nc3ccncc3)CCO2)n1. The molecule has 0 aromatic carbocycles. The number of carbonyl (C=O) groups excluding carboxylic acids is 1. The van der Waals surface area contributed by atoms with Crippen molar-refractivity contribution in [3.63, 3.8) is 0 Å². The topological polar surface area (TPSA) is 72.3 Å². The third kappa shape index (κ3) is 4.39. The van der Waals surface area contributed by atoms with Gasteiger partial charge in [-0.1, -0.05) is 0 Å². The molecule has 2 aromatic heterocycles. The van der Waals surface area contributed by atoms with Gasteiger partial charge in [0.25, 0.3) is 0 Å². The molecule has 0 aliphatic carbocycles. The molecule has 7 nitrogen and oxygen atoms in total. The van der Waals surface area contributed by atoms with Crippen LogP contribution in [-0.2, 0) is 16.1 Å². The Morgan fingerprint density at radius 1 is 1.38 bits per heavy atom. The molecule has 0 radical (unpaired) electrons. The average molecular weight is 329 g/mol. The van der Waals surface area contributed by atoms with Crippen LogP contribution >= 0.6 is 0 Å². The lowest BCUT2D eigenvalue weighted by Crippen LogP contribution is -2.47. The molecule has 2 aromatic rings. The molecule has 128 valence electrons. The van der Waals surface area contributed by atoms with Crippen LogP contribution < -0.4 is 5.32 Å². The van der Waals surface area contributed by atoms with Crippen molar-refractivity contribution in [3.8, 4) is 0 Å². The largest absolute Gasteiger partial charge is 0.374 e. The second-order valence-electron chi connectivity index (χ2n) is 6.12. The van der Waals surface area contributed by atoms with Crippen LogP contribution in [0, 0.1) is 13.8 Å². The van der Waals surface area contributed by atoms with Crippen molar-refractivity contribution >= 4 is 11.6 Å². The summed E-state index contributed by atoms with van der Waals surface area (Å²) in [5.74, 6) is -0.0204. The van der Waals surface area contributed by atoms with E-state index in [1.165, 1.54) is 0 Å². The summed E-state index contributed by atoms with van der Waals surface area (Å²) in [7, 11) is 0. The van der Waals surface area contributed by atoms with Crippen LogP contribution in [-0.4, -0.2) is 57.9 Å². The van der Waals surface area contributed by atoms with Crippen LogP contribution in [0.3, 0.4) is 0 Å². The maximum absolute atomic E-state index is 12.2. The second-order valence-corrected chi connectivity index (χ2v) is 6.12. The monoisotopic (exact) mass is 329 g/mol. The molecule has 3 rings (SSSR count). The highest BCUT2D eigenvalue weighted by molar-refractivity contribution is 5.92. The molecule has 3 heterocycles. The number of aryl methyl sites for hydroxylation is 2. The van der Waals surface area contributed by atoms with Crippen LogP contribution in [0.5, 0.6) is 0 Å². The summed E-state index contributed by atoms with van der Waals surface area (Å²) >= 11 is 0. The van der Waals surface area contributed by atoms with Gasteiger partial charge in [0.2, 0.25) is 5.91 Å². The van der Waals surface area contributed by atoms with Crippen molar-refractivity contribution < 1.29 is 9.53 Å². The molecule has 7 heteroatoms. The molecule has 0 unspecified atom stereocenters. The number of hydrogen-bond donors (Lipinski definition) is 1. The predicted octanol–water partition coefficient (Wildman–Crippen LogP) is 1.23. The fourth-order valence-electron chi connectivity index (χ4n) is 2.93. The lowest BCUT2D eigenvalue weighted by atomic mass is 10.2. The normalized spacial score (nSPS) is 18.5. The van der Waals surface area contributed by atoms with Gasteiger partial charge < -0.3 is 10.1 Å². The number of ether oxygens (including phenoxy) is 1. The molecule has 1 saturated heterocycles. The van der Waals surface area contributed by atoms with E-state index in [1.54, 1.807) is 24.5 Å². The Kier molecular flexibility index (Phi) is 5.22. The molecule has 1 atom stereocenters. The summed E-state index contributed by atoms with van der Waals surface area (Å²) in [6.07, 6.45) is 3.37. The standard InChI is InChI=1S/C17H23N5O2/c1-13-9-14(2)22(20-13)11-16-10-21(7-8-24-16)12-17(23)19-15-3-5-18-6-4-15/h3-6,9,16H,7-8,10-12H2,1-2H3,(H,18,19,23)/t16-/m0/s1. The van der Waals surface area contributed by atoms with E-state index in [1.807, 2.05) is 18.5 Å². The van der Waals surface area contributed by atoms with E-state index in [0.717, 1.165) is 30.2 Å². The first-order chi connectivity index (χ1) is 11.6. The van der Waals surface area contributed by atoms with Crippen LogP contribution in [0.4, 0.5) is 5.69 Å². The molecule has 1 amide bonds. The summed E-state index contributed by atoms with van der Waals surface area (Å²) in [6.45, 7) is 7.22. The number of amides is 1. The summed E-state index contributed by atoms with van der Waals surface area (Å²) in [6, 6.07) is 5.62. The zero-order valence-corrected chi connectivity index (χ0v) is 14.1. The Morgan fingerprint density at radius 3 is 2.88 bits per heavy atom. The van der Waals surface area contributed by atoms with Crippen molar-refractivity contribution in [2.45, 2.75) is 26.5 Å². The zero-order valence-electron chi connectivity index (χ0n) is 14.1. The molecular formula is C17H23N5O2. The van der Waals surface area contributed by atoms with Gasteiger partial charge in [0.15, 0.2) is 0 Å². The van der Waals surface area contributed by atoms with Gasteiger partial charge in [-0.15, -0.1) is 0 Å². The first-order valence-electron chi connectivity index (χ1n) is 8.15. The van der Waals surface area contributed by atoms with Gasteiger partial charge in [-0.2, -0.15) is 5.10 Å². The number of hydrogen-bond acceptors (Lipinski definition) is 5. The average Bonchev–Trinajstić information content (AvgIpc) is 2.86. The number of aromatic nitrogens is 3. The van der Waals surface area contributed by atoms with Crippen molar-refractivity contribution in [1.82, 2.24) is 19.7 Å². The first-order valence-corrected chi connectivity index (χ1v) is 8.15. The summed E-state index contributed by atoms with van der Waals surface area (Å²) in [4.78, 5) is 18.2. The van der Waals surface area contributed by atoms with Crippen LogP contribution in [0.25, 0.3) is 0 Å². The smallest absolute Gasteiger partial charge is 0.238 e. The highest BCUT2D eigenvalue weighted by atomic mass is 16.5. The quantitative estimate of drug-likeness (QED) is 0.893. The van der Waals surface area contributed by atoms with Gasteiger partial charge >= 0.3 is 0 Å². The minimum absolute atomic E-state index is 0.0204. The van der Waals surface area contributed by atoms with Crippen LogP contribution in [0.1, 0.15) is 11.4 Å². The minimum Gasteiger partial charge on any atom is -0.374 e. The number of carbonyl (C=O) groups is 1. The molecule has 1 aliphatic heterocycles. The number of rotatable bonds is 5. The van der Waals surface area contributed by atoms with Crippen LogP contribution in [0.2, 0.25) is 0 Å². The van der Waals surface area contributed by atoms with Crippen molar-refractivity contribution in [1.29, 1.82) is 0 Å². The highest BCUT2D eigenvalue weighted by Crippen LogP contribution is 2.11. The van der Waals surface area contributed by atoms with Gasteiger partial charge in [-0.25, -0.2) is 0 Å². The molecule has 0 spiro atoms. The van der Waals surface area contributed by atoms with Crippen molar-refractivity contribution in [3.05, 3.63) is 42.0 Å². The molecule has 0 saturated carbocycles. The van der Waals surface area contributed by atoms with E-state index < -0.39 is 0 Å². The number of morpholine rings is 1. The van der Waals surface area contributed by atoms with Gasteiger partial charge in [0.1, 0.15) is 0 Å². The van der Waals surface area contributed by atoms with Gasteiger partial charge in [-0.3, -0.25) is 19.4 Å². The number of nitrogens with zero attached hydrogens (tertiary/aromatic N) is 4. The Bertz CT molecular complexity index is 686. The highest BCUT2D eigenvalue weighted by Gasteiger charge is 2.23. The summed E-state index contributed by atoms with van der Waals surface area (Å²) < 4.78 is 7.81. The van der Waals surface area contributed by atoms with E-state index in [2.05, 4.69) is 26.4 Å². The van der Waals surface area contributed by atoms with E-state index in [-0.39, 0.29) is 12.0 Å². The molecule has 24 heavy (non-hydrogen) atoms. The fraction of sp³-hybridized carbons (Fsp3) is 0.471. The Morgan fingerprint density at radius 2 is 2.17 bits per heavy atom. The lowest BCUT2D eigenvalue weighted by molar-refractivity contribution is -0.119. The summed E-state index contributed by atoms with van der Waals surface area (Å²) in [5.41, 5.74) is 2.91. The number of pyridine rings is 1. The summed E-state index contributed by atoms with van der Waals surface area (Å²) in [5, 5.41) is 7.37. The molecular weight excluding hydrogens is 306 g/mol. The number of anilines is 1. The third-order valence-corrected chi connectivity index (χ3v) is 4.03. The molecule has 1 fully saturated rings. The van der Waals surface area contributed by atoms with Gasteiger partial charge in [0.05, 0.1) is 31.5 Å². The first kappa shape index (κ1) is 16.6. The third-order valence-electron chi connectivity index (χ3n) is 4.03. The van der Waals surface area contributed by atoms with E-state index >= 15 is 0 Å². The Hall–Kier alpha value is -2.25. The maximum Gasteiger partial charge on any atom is 0.238 e. The fourth-order valence-corrected chi connectivity index (χ4v) is 2.93. The number of nitrogens with one attached hydrogen (secondary N) is 1. The molecule has 0 bridgehead atoms.